The highest BCUT2D eigenvalue weighted by Crippen LogP contribution is 2.37. The minimum Gasteiger partial charge on any atom is -0.450 e. The number of carbonyl (C=O) groups excluding carboxylic acids is 4. The van der Waals surface area contributed by atoms with Gasteiger partial charge in [-0.25, -0.2) is 13.2 Å². The van der Waals surface area contributed by atoms with Crippen LogP contribution in [-0.2, 0) is 37.3 Å². The number of nitrogens with zero attached hydrogens (tertiary/aromatic N) is 2. The molecule has 38 heavy (non-hydrogen) atoms. The van der Waals surface area contributed by atoms with Crippen LogP contribution in [-0.4, -0.2) is 80.9 Å². The summed E-state index contributed by atoms with van der Waals surface area (Å²) in [6.07, 6.45) is -0.533. The molecule has 0 unspecified atom stereocenters. The van der Waals surface area contributed by atoms with E-state index in [1.165, 1.54) is 35.5 Å². The summed E-state index contributed by atoms with van der Waals surface area (Å²) < 4.78 is 37.1. The van der Waals surface area contributed by atoms with Crippen LogP contribution in [0.3, 0.4) is 0 Å². The summed E-state index contributed by atoms with van der Waals surface area (Å²) in [6, 6.07) is 5.51. The van der Waals surface area contributed by atoms with E-state index in [0.717, 1.165) is 16.2 Å². The van der Waals surface area contributed by atoms with Crippen molar-refractivity contribution in [3.05, 3.63) is 45.8 Å². The molecule has 4 amide bonds. The Labute approximate surface area is 223 Å². The van der Waals surface area contributed by atoms with Gasteiger partial charge in [-0.05, 0) is 43.2 Å². The van der Waals surface area contributed by atoms with Crippen LogP contribution in [0.1, 0.15) is 45.0 Å². The van der Waals surface area contributed by atoms with Crippen molar-refractivity contribution in [2.75, 3.05) is 44.8 Å². The fourth-order valence-electron chi connectivity index (χ4n) is 4.21. The van der Waals surface area contributed by atoms with E-state index >= 15 is 0 Å². The van der Waals surface area contributed by atoms with E-state index in [-0.39, 0.29) is 53.2 Å². The largest absolute Gasteiger partial charge is 0.450 e. The fourth-order valence-corrected chi connectivity index (χ4v) is 6.88. The molecule has 14 heteroatoms. The van der Waals surface area contributed by atoms with Crippen LogP contribution in [0.2, 0.25) is 0 Å². The molecular weight excluding hydrogens is 536 g/mol. The number of carbonyl (C=O) groups is 4. The van der Waals surface area contributed by atoms with Gasteiger partial charge in [0, 0.05) is 37.0 Å². The van der Waals surface area contributed by atoms with E-state index in [9.17, 15) is 27.6 Å². The van der Waals surface area contributed by atoms with Gasteiger partial charge in [-0.15, -0.1) is 11.3 Å². The van der Waals surface area contributed by atoms with E-state index in [0.29, 0.717) is 31.7 Å². The Morgan fingerprint density at radius 1 is 1.05 bits per heavy atom. The first-order valence-corrected chi connectivity index (χ1v) is 14.2. The summed E-state index contributed by atoms with van der Waals surface area (Å²) in [5.41, 5.74) is 0.970. The molecule has 1 saturated heterocycles. The highest BCUT2D eigenvalue weighted by Gasteiger charge is 2.31. The standard InChI is InChI=1S/C24H28N4O8S2/c1-3-36-24(32)26-22(31)20-18-8-9-27(15(2)29)14-19(18)37-23(20)25-21(30)16-4-6-17(7-5-16)38(33,34)28-10-12-35-13-11-28/h4-7H,3,8-14H2,1-2H3,(H,25,30)(H,26,31,32). The van der Waals surface area contributed by atoms with E-state index in [1.54, 1.807) is 11.8 Å². The van der Waals surface area contributed by atoms with Crippen molar-refractivity contribution in [1.29, 1.82) is 0 Å². The Morgan fingerprint density at radius 3 is 2.37 bits per heavy atom. The minimum absolute atomic E-state index is 0.0568. The second-order valence-electron chi connectivity index (χ2n) is 8.57. The molecule has 1 aromatic carbocycles. The molecule has 2 aromatic rings. The molecule has 0 aliphatic carbocycles. The summed E-state index contributed by atoms with van der Waals surface area (Å²) in [6.45, 7) is 4.96. The lowest BCUT2D eigenvalue weighted by Crippen LogP contribution is -2.40. The molecule has 0 radical (unpaired) electrons. The van der Waals surface area contributed by atoms with Gasteiger partial charge < -0.3 is 19.7 Å². The number of sulfonamides is 1. The number of amides is 4. The number of alkyl carbamates (subject to hydrolysis) is 1. The number of hydrogen-bond acceptors (Lipinski definition) is 9. The topological polar surface area (TPSA) is 151 Å². The Kier molecular flexibility index (Phi) is 8.45. The fraction of sp³-hybridized carbons (Fsp3) is 0.417. The highest BCUT2D eigenvalue weighted by atomic mass is 32.2. The Bertz CT molecular complexity index is 1350. The molecule has 0 bridgehead atoms. The first kappa shape index (κ1) is 27.7. The van der Waals surface area contributed by atoms with Crippen molar-refractivity contribution in [1.82, 2.24) is 14.5 Å². The number of imide groups is 1. The van der Waals surface area contributed by atoms with E-state index in [4.69, 9.17) is 9.47 Å². The minimum atomic E-state index is -3.72. The first-order valence-electron chi connectivity index (χ1n) is 12.0. The van der Waals surface area contributed by atoms with Gasteiger partial charge in [-0.1, -0.05) is 0 Å². The van der Waals surface area contributed by atoms with Crippen molar-refractivity contribution in [3.8, 4) is 0 Å². The van der Waals surface area contributed by atoms with Crippen LogP contribution in [0, 0.1) is 0 Å². The molecule has 204 valence electrons. The van der Waals surface area contributed by atoms with Crippen LogP contribution in [0.15, 0.2) is 29.2 Å². The van der Waals surface area contributed by atoms with Crippen molar-refractivity contribution in [2.45, 2.75) is 31.7 Å². The number of thiophene rings is 1. The summed E-state index contributed by atoms with van der Waals surface area (Å²) in [5, 5.41) is 5.11. The van der Waals surface area contributed by atoms with Crippen molar-refractivity contribution < 1.29 is 37.1 Å². The number of rotatable bonds is 6. The molecule has 0 atom stereocenters. The van der Waals surface area contributed by atoms with Gasteiger partial charge in [-0.2, -0.15) is 4.31 Å². The van der Waals surface area contributed by atoms with Gasteiger partial charge in [0.25, 0.3) is 11.8 Å². The maximum absolute atomic E-state index is 13.1. The van der Waals surface area contributed by atoms with Crippen molar-refractivity contribution in [2.24, 2.45) is 0 Å². The van der Waals surface area contributed by atoms with Crippen LogP contribution in [0.4, 0.5) is 9.80 Å². The lowest BCUT2D eigenvalue weighted by molar-refractivity contribution is -0.129. The van der Waals surface area contributed by atoms with Gasteiger partial charge in [0.15, 0.2) is 0 Å². The second kappa shape index (κ2) is 11.6. The third-order valence-corrected chi connectivity index (χ3v) is 9.22. The third kappa shape index (κ3) is 5.88. The van der Waals surface area contributed by atoms with Crippen LogP contribution in [0.25, 0.3) is 0 Å². The number of fused-ring (bicyclic) bond motifs is 1. The van der Waals surface area contributed by atoms with Gasteiger partial charge in [0.1, 0.15) is 5.00 Å². The summed E-state index contributed by atoms with van der Waals surface area (Å²) in [5.74, 6) is -1.40. The van der Waals surface area contributed by atoms with E-state index in [1.807, 2.05) is 0 Å². The Hall–Kier alpha value is -3.33. The van der Waals surface area contributed by atoms with Gasteiger partial charge in [0.2, 0.25) is 15.9 Å². The number of hydrogen-bond donors (Lipinski definition) is 2. The van der Waals surface area contributed by atoms with Gasteiger partial charge >= 0.3 is 6.09 Å². The average molecular weight is 565 g/mol. The average Bonchev–Trinajstić information content (AvgIpc) is 3.26. The normalized spacial score (nSPS) is 15.9. The molecule has 2 aliphatic rings. The maximum Gasteiger partial charge on any atom is 0.414 e. The zero-order valence-corrected chi connectivity index (χ0v) is 22.6. The van der Waals surface area contributed by atoms with E-state index < -0.39 is 27.9 Å². The highest BCUT2D eigenvalue weighted by molar-refractivity contribution is 7.89. The molecule has 4 rings (SSSR count). The summed E-state index contributed by atoms with van der Waals surface area (Å²) in [4.78, 5) is 52.3. The van der Waals surface area contributed by atoms with Gasteiger partial charge in [-0.3, -0.25) is 19.7 Å². The number of morpholine rings is 1. The SMILES string of the molecule is CCOC(=O)NC(=O)c1c(NC(=O)c2ccc(S(=O)(=O)N3CCOCC3)cc2)sc2c1CCN(C(C)=O)C2. The molecular formula is C24H28N4O8S2. The zero-order valence-electron chi connectivity index (χ0n) is 20.9. The third-order valence-electron chi connectivity index (χ3n) is 6.17. The molecule has 1 fully saturated rings. The molecule has 2 aliphatic heterocycles. The lowest BCUT2D eigenvalue weighted by Gasteiger charge is -2.26. The number of ether oxygens (including phenoxy) is 2. The van der Waals surface area contributed by atoms with E-state index in [2.05, 4.69) is 10.6 Å². The second-order valence-corrected chi connectivity index (χ2v) is 11.6. The number of nitrogens with one attached hydrogen (secondary N) is 2. The Morgan fingerprint density at radius 2 is 1.74 bits per heavy atom. The molecule has 0 spiro atoms. The first-order chi connectivity index (χ1) is 18.1. The zero-order chi connectivity index (χ0) is 27.4. The monoisotopic (exact) mass is 564 g/mol. The quantitative estimate of drug-likeness (QED) is 0.539. The molecule has 2 N–H and O–H groups in total. The maximum atomic E-state index is 13.1. The molecule has 3 heterocycles. The molecule has 0 saturated carbocycles. The molecule has 1 aromatic heterocycles. The predicted molar refractivity (Wildman–Crippen MR) is 138 cm³/mol. The van der Waals surface area contributed by atoms with Gasteiger partial charge in [0.05, 0.1) is 36.8 Å². The van der Waals surface area contributed by atoms with Crippen LogP contribution < -0.4 is 10.6 Å². The Balaban J connectivity index is 1.58. The van der Waals surface area contributed by atoms with Crippen molar-refractivity contribution in [3.63, 3.8) is 0 Å². The molecule has 12 nitrogen and oxygen atoms in total. The smallest absolute Gasteiger partial charge is 0.414 e. The van der Waals surface area contributed by atoms with Crippen molar-refractivity contribution >= 4 is 50.2 Å². The lowest BCUT2D eigenvalue weighted by atomic mass is 10.0. The summed E-state index contributed by atoms with van der Waals surface area (Å²) in [7, 11) is -3.72. The summed E-state index contributed by atoms with van der Waals surface area (Å²) >= 11 is 1.15. The number of benzene rings is 1. The van der Waals surface area contributed by atoms with Crippen LogP contribution >= 0.6 is 11.3 Å². The predicted octanol–water partition coefficient (Wildman–Crippen LogP) is 1.81. The van der Waals surface area contributed by atoms with Crippen LogP contribution in [0.5, 0.6) is 0 Å². The number of anilines is 1.